The van der Waals surface area contributed by atoms with Crippen LogP contribution in [0.4, 0.5) is 5.69 Å². The van der Waals surface area contributed by atoms with Crippen molar-refractivity contribution in [3.05, 3.63) is 28.1 Å². The van der Waals surface area contributed by atoms with E-state index in [1.54, 1.807) is 11.9 Å². The summed E-state index contributed by atoms with van der Waals surface area (Å²) in [6, 6.07) is 1.43. The molecule has 8 heteroatoms. The van der Waals surface area contributed by atoms with E-state index in [-0.39, 0.29) is 35.7 Å². The van der Waals surface area contributed by atoms with Crippen LogP contribution in [0.2, 0.25) is 0 Å². The zero-order valence-electron chi connectivity index (χ0n) is 9.17. The van der Waals surface area contributed by atoms with Crippen LogP contribution in [0.1, 0.15) is 10.5 Å². The average Bonchev–Trinajstić information content (AvgIpc) is 2.62. The molecular weight excluding hydrogens is 248 g/mol. The second kappa shape index (κ2) is 5.15. The minimum Gasteiger partial charge on any atom is -0.351 e. The van der Waals surface area contributed by atoms with Crippen LogP contribution in [0.5, 0.6) is 0 Å². The molecule has 0 saturated carbocycles. The molecule has 0 aliphatic carbocycles. The number of rotatable bonds is 3. The maximum absolute atomic E-state index is 11.9. The van der Waals surface area contributed by atoms with Crippen molar-refractivity contribution in [3.63, 3.8) is 0 Å². The molecule has 1 aliphatic heterocycles. The number of aromatic amines is 1. The molecule has 17 heavy (non-hydrogen) atoms. The molecule has 1 amide bonds. The van der Waals surface area contributed by atoms with Crippen molar-refractivity contribution < 1.29 is 9.72 Å². The zero-order chi connectivity index (χ0) is 11.7. The fraction of sp³-hybridized carbons (Fsp3) is 0.444. The highest BCUT2D eigenvalue weighted by Crippen LogP contribution is 2.15. The molecule has 0 aromatic carbocycles. The smallest absolute Gasteiger partial charge is 0.287 e. The van der Waals surface area contributed by atoms with Gasteiger partial charge in [0.2, 0.25) is 0 Å². The Labute approximate surface area is 104 Å². The van der Waals surface area contributed by atoms with E-state index >= 15 is 0 Å². The lowest BCUT2D eigenvalue weighted by Crippen LogP contribution is -2.57. The molecule has 1 fully saturated rings. The second-order valence-electron chi connectivity index (χ2n) is 3.76. The molecule has 2 N–H and O–H groups in total. The monoisotopic (exact) mass is 260 g/mol. The zero-order valence-corrected chi connectivity index (χ0v) is 9.99. The van der Waals surface area contributed by atoms with Crippen LogP contribution >= 0.6 is 12.4 Å². The summed E-state index contributed by atoms with van der Waals surface area (Å²) in [6.45, 7) is 1.54. The number of carbonyl (C=O) groups excluding carboxylic acids is 1. The van der Waals surface area contributed by atoms with Gasteiger partial charge in [0.15, 0.2) is 0 Å². The second-order valence-corrected chi connectivity index (χ2v) is 3.76. The summed E-state index contributed by atoms with van der Waals surface area (Å²) in [7, 11) is 1.69. The molecule has 2 heterocycles. The van der Waals surface area contributed by atoms with Crippen LogP contribution < -0.4 is 5.32 Å². The normalized spacial score (nSPS) is 14.6. The van der Waals surface area contributed by atoms with Crippen LogP contribution in [-0.2, 0) is 0 Å². The average molecular weight is 261 g/mol. The van der Waals surface area contributed by atoms with Crippen molar-refractivity contribution in [2.75, 3.05) is 20.1 Å². The van der Waals surface area contributed by atoms with Gasteiger partial charge < -0.3 is 15.2 Å². The van der Waals surface area contributed by atoms with Gasteiger partial charge in [-0.2, -0.15) is 0 Å². The van der Waals surface area contributed by atoms with Gasteiger partial charge in [-0.25, -0.2) is 0 Å². The van der Waals surface area contributed by atoms with Gasteiger partial charge in [0.25, 0.3) is 11.6 Å². The fourth-order valence-corrected chi connectivity index (χ4v) is 1.51. The molecule has 1 aromatic heterocycles. The summed E-state index contributed by atoms with van der Waals surface area (Å²) in [4.78, 5) is 26.0. The Kier molecular flexibility index (Phi) is 4.08. The topological polar surface area (TPSA) is 91.3 Å². The quantitative estimate of drug-likeness (QED) is 0.607. The lowest BCUT2D eigenvalue weighted by atomic mass is 10.1. The van der Waals surface area contributed by atoms with Gasteiger partial charge in [0.1, 0.15) is 5.69 Å². The van der Waals surface area contributed by atoms with Gasteiger partial charge in [-0.05, 0) is 0 Å². The van der Waals surface area contributed by atoms with E-state index in [0.29, 0.717) is 0 Å². The SMILES string of the molecule is CN(C(=O)c1cc([N+](=O)[O-])c[nH]1)C1CNC1.Cl. The maximum Gasteiger partial charge on any atom is 0.287 e. The van der Waals surface area contributed by atoms with Crippen molar-refractivity contribution in [1.29, 1.82) is 0 Å². The summed E-state index contributed by atoms with van der Waals surface area (Å²) < 4.78 is 0. The molecule has 1 aliphatic rings. The van der Waals surface area contributed by atoms with Crippen molar-refractivity contribution in [2.24, 2.45) is 0 Å². The molecule has 0 atom stereocenters. The van der Waals surface area contributed by atoms with Gasteiger partial charge in [-0.3, -0.25) is 14.9 Å². The van der Waals surface area contributed by atoms with Gasteiger partial charge >= 0.3 is 0 Å². The van der Waals surface area contributed by atoms with E-state index in [4.69, 9.17) is 0 Å². The number of nitrogens with zero attached hydrogens (tertiary/aromatic N) is 2. The molecule has 0 bridgehead atoms. The van der Waals surface area contributed by atoms with E-state index in [9.17, 15) is 14.9 Å². The number of likely N-dealkylation sites (N-methyl/N-ethyl adjacent to an activating group) is 1. The first kappa shape index (κ1) is 13.5. The molecule has 1 aromatic rings. The first-order valence-corrected chi connectivity index (χ1v) is 4.90. The summed E-state index contributed by atoms with van der Waals surface area (Å²) in [5.74, 6) is -0.223. The predicted molar refractivity (Wildman–Crippen MR) is 63.4 cm³/mol. The molecule has 7 nitrogen and oxygen atoms in total. The number of nitrogens with one attached hydrogen (secondary N) is 2. The lowest BCUT2D eigenvalue weighted by molar-refractivity contribution is -0.384. The Bertz CT molecular complexity index is 430. The number of carbonyl (C=O) groups is 1. The number of halogens is 1. The first-order chi connectivity index (χ1) is 7.59. The van der Waals surface area contributed by atoms with Crippen LogP contribution in [0.15, 0.2) is 12.3 Å². The molecule has 94 valence electrons. The molecule has 2 rings (SSSR count). The van der Waals surface area contributed by atoms with Crippen molar-refractivity contribution in [1.82, 2.24) is 15.2 Å². The van der Waals surface area contributed by atoms with E-state index < -0.39 is 4.92 Å². The van der Waals surface area contributed by atoms with Crippen LogP contribution in [-0.4, -0.2) is 46.9 Å². The maximum atomic E-state index is 11.9. The Morgan fingerprint density at radius 3 is 2.65 bits per heavy atom. The summed E-state index contributed by atoms with van der Waals surface area (Å²) in [5.41, 5.74) is 0.157. The molecular formula is C9H13ClN4O3. The lowest BCUT2D eigenvalue weighted by Gasteiger charge is -2.35. The van der Waals surface area contributed by atoms with Crippen molar-refractivity contribution >= 4 is 24.0 Å². The van der Waals surface area contributed by atoms with E-state index in [0.717, 1.165) is 13.1 Å². The van der Waals surface area contributed by atoms with E-state index in [1.165, 1.54) is 12.3 Å². The number of aromatic nitrogens is 1. The number of amides is 1. The Morgan fingerprint density at radius 1 is 1.59 bits per heavy atom. The third kappa shape index (κ3) is 2.56. The van der Waals surface area contributed by atoms with E-state index in [1.807, 2.05) is 0 Å². The predicted octanol–water partition coefficient (Wildman–Crippen LogP) is 0.389. The largest absolute Gasteiger partial charge is 0.351 e. The summed E-state index contributed by atoms with van der Waals surface area (Å²) in [6.07, 6.45) is 1.22. The Balaban J connectivity index is 0.00000144. The fourth-order valence-electron chi connectivity index (χ4n) is 1.51. The van der Waals surface area contributed by atoms with Crippen LogP contribution in [0.3, 0.4) is 0 Å². The molecule has 0 radical (unpaired) electrons. The standard InChI is InChI=1S/C9H12N4O3.ClH/c1-12(7-3-10-4-7)9(14)8-2-6(5-11-8)13(15)16;/h2,5,7,10-11H,3-4H2,1H3;1H. The van der Waals surface area contributed by atoms with Gasteiger partial charge in [0.05, 0.1) is 17.2 Å². The highest BCUT2D eigenvalue weighted by Gasteiger charge is 2.27. The number of H-pyrrole nitrogens is 1. The summed E-state index contributed by atoms with van der Waals surface area (Å²) >= 11 is 0. The minimum atomic E-state index is -0.530. The third-order valence-corrected chi connectivity index (χ3v) is 2.74. The van der Waals surface area contributed by atoms with Crippen LogP contribution in [0, 0.1) is 10.1 Å². The minimum absolute atomic E-state index is 0. The van der Waals surface area contributed by atoms with Crippen LogP contribution in [0.25, 0.3) is 0 Å². The first-order valence-electron chi connectivity index (χ1n) is 4.90. The van der Waals surface area contributed by atoms with Crippen molar-refractivity contribution in [2.45, 2.75) is 6.04 Å². The van der Waals surface area contributed by atoms with Crippen molar-refractivity contribution in [3.8, 4) is 0 Å². The van der Waals surface area contributed by atoms with Gasteiger partial charge in [-0.1, -0.05) is 0 Å². The number of hydrogen-bond donors (Lipinski definition) is 2. The molecule has 0 unspecified atom stereocenters. The van der Waals surface area contributed by atoms with Gasteiger partial charge in [0, 0.05) is 26.2 Å². The van der Waals surface area contributed by atoms with Gasteiger partial charge in [-0.15, -0.1) is 12.4 Å². The molecule has 0 spiro atoms. The Morgan fingerprint density at radius 2 is 2.24 bits per heavy atom. The highest BCUT2D eigenvalue weighted by molar-refractivity contribution is 5.93. The number of hydrogen-bond acceptors (Lipinski definition) is 4. The highest BCUT2D eigenvalue weighted by atomic mass is 35.5. The van der Waals surface area contributed by atoms with E-state index in [2.05, 4.69) is 10.3 Å². The Hall–Kier alpha value is -1.60. The molecule has 1 saturated heterocycles. The number of nitro groups is 1. The third-order valence-electron chi connectivity index (χ3n) is 2.74. The summed E-state index contributed by atoms with van der Waals surface area (Å²) in [5, 5.41) is 13.5.